The van der Waals surface area contributed by atoms with Gasteiger partial charge in [0.2, 0.25) is 0 Å². The predicted molar refractivity (Wildman–Crippen MR) is 48.9 cm³/mol. The van der Waals surface area contributed by atoms with E-state index in [2.05, 4.69) is 0 Å². The molecule has 0 aliphatic rings. The first kappa shape index (κ1) is 6.10. The van der Waals surface area contributed by atoms with Gasteiger partial charge in [0.1, 0.15) is 0 Å². The average Bonchev–Trinajstić information content (AvgIpc) is 2.02. The molecule has 2 heteroatoms. The Morgan fingerprint density at radius 1 is 1.73 bits per heavy atom. The van der Waals surface area contributed by atoms with Crippen LogP contribution in [-0.4, -0.2) is 22.1 Å². The van der Waals surface area contributed by atoms with E-state index in [4.69, 9.17) is 7.48 Å². The van der Waals surface area contributed by atoms with Crippen LogP contribution in [0.15, 0.2) is 24.3 Å². The third-order valence-electron chi connectivity index (χ3n) is 1.28. The van der Waals surface area contributed by atoms with Gasteiger partial charge in [0.15, 0.2) is 0 Å². The van der Waals surface area contributed by atoms with E-state index in [1.165, 1.54) is 0 Å². The number of para-hydroxylation sites is 1. The van der Waals surface area contributed by atoms with E-state index < -0.39 is 5.27 Å². The van der Waals surface area contributed by atoms with Crippen molar-refractivity contribution in [3.63, 3.8) is 0 Å². The number of methoxy groups -OCH3 is 1. The molecule has 1 aromatic carbocycles. The Morgan fingerprint density at radius 2 is 2.45 bits per heavy atom. The Balaban J connectivity index is 2.87. The number of benzene rings is 1. The standard InChI is InChI=1S/C9H12OSe/c1-3-11-9-7-5-4-6-8(9)10-2/h4-7H,3H2,1-2H3/i3DH/t3-/m1/s1. The summed E-state index contributed by atoms with van der Waals surface area (Å²) in [6.45, 7) is 1.60. The van der Waals surface area contributed by atoms with E-state index in [-0.39, 0.29) is 15.0 Å². The molecular formula is C9H12OSe. The van der Waals surface area contributed by atoms with Crippen LogP contribution in [0.3, 0.4) is 0 Å². The summed E-state index contributed by atoms with van der Waals surface area (Å²) >= 11 is -0.195. The van der Waals surface area contributed by atoms with Crippen LogP contribution in [0.25, 0.3) is 0 Å². The molecule has 0 N–H and O–H groups in total. The molecule has 0 aliphatic carbocycles. The zero-order valence-corrected chi connectivity index (χ0v) is 8.34. The molecule has 0 bridgehead atoms. The number of rotatable bonds is 3. The van der Waals surface area contributed by atoms with Crippen LogP contribution in [0.2, 0.25) is 5.27 Å². The van der Waals surface area contributed by atoms with Gasteiger partial charge in [0.25, 0.3) is 0 Å². The van der Waals surface area contributed by atoms with E-state index in [9.17, 15) is 0 Å². The maximum absolute atomic E-state index is 7.48. The van der Waals surface area contributed by atoms with Crippen molar-refractivity contribution < 1.29 is 7.48 Å². The van der Waals surface area contributed by atoms with Crippen LogP contribution in [0, 0.1) is 0 Å². The summed E-state index contributed by atoms with van der Waals surface area (Å²) in [6.07, 6.45) is 0. The molecule has 0 saturated carbocycles. The maximum atomic E-state index is 7.48. The molecule has 1 nitrogen and oxygen atoms in total. The van der Waals surface area contributed by atoms with Crippen molar-refractivity contribution in [2.24, 2.45) is 0 Å². The van der Waals surface area contributed by atoms with Gasteiger partial charge in [-0.2, -0.15) is 0 Å². The van der Waals surface area contributed by atoms with Crippen molar-refractivity contribution in [2.75, 3.05) is 7.11 Å². The van der Waals surface area contributed by atoms with Gasteiger partial charge < -0.3 is 0 Å². The van der Waals surface area contributed by atoms with Crippen molar-refractivity contribution in [3.8, 4) is 5.75 Å². The van der Waals surface area contributed by atoms with Crippen molar-refractivity contribution in [1.29, 1.82) is 0 Å². The third kappa shape index (κ3) is 2.25. The molecular weight excluding hydrogens is 203 g/mol. The number of hydrogen-bond donors (Lipinski definition) is 0. The molecule has 0 spiro atoms. The van der Waals surface area contributed by atoms with Gasteiger partial charge in [-0.15, -0.1) is 0 Å². The monoisotopic (exact) mass is 217 g/mol. The Hall–Kier alpha value is -0.461. The van der Waals surface area contributed by atoms with E-state index in [1.807, 2.05) is 24.3 Å². The van der Waals surface area contributed by atoms with Crippen molar-refractivity contribution >= 4 is 19.4 Å². The SMILES string of the molecule is [1H][C@@]([2H])(C)[Se]c1ccccc1OC. The van der Waals surface area contributed by atoms with Crippen LogP contribution in [0.5, 0.6) is 5.75 Å². The van der Waals surface area contributed by atoms with Gasteiger partial charge in [-0.05, 0) is 0 Å². The molecule has 0 fully saturated rings. The summed E-state index contributed by atoms with van der Waals surface area (Å²) in [6, 6.07) is 7.58. The molecule has 0 aliphatic heterocycles. The van der Waals surface area contributed by atoms with Crippen LogP contribution < -0.4 is 9.20 Å². The zero-order valence-electron chi connectivity index (χ0n) is 8.63. The predicted octanol–water partition coefficient (Wildman–Crippen LogP) is 1.46. The van der Waals surface area contributed by atoms with Crippen molar-refractivity contribution in [2.45, 2.75) is 12.2 Å². The zero-order chi connectivity index (χ0) is 9.90. The molecule has 0 aromatic heterocycles. The summed E-state index contributed by atoms with van der Waals surface area (Å²) in [5, 5.41) is -1.12. The molecule has 0 saturated heterocycles. The topological polar surface area (TPSA) is 9.23 Å². The average molecular weight is 216 g/mol. The van der Waals surface area contributed by atoms with Gasteiger partial charge in [-0.25, -0.2) is 0 Å². The van der Waals surface area contributed by atoms with Crippen LogP contribution in [0.1, 0.15) is 9.67 Å². The molecule has 0 amide bonds. The number of ether oxygens (including phenoxy) is 1. The second-order valence-corrected chi connectivity index (χ2v) is 4.16. The van der Waals surface area contributed by atoms with Crippen molar-refractivity contribution in [1.82, 2.24) is 0 Å². The molecule has 0 unspecified atom stereocenters. The van der Waals surface area contributed by atoms with E-state index in [0.717, 1.165) is 10.2 Å². The van der Waals surface area contributed by atoms with Crippen LogP contribution >= 0.6 is 0 Å². The summed E-state index contributed by atoms with van der Waals surface area (Å²) in [5.74, 6) is 0.785. The molecule has 1 atom stereocenters. The van der Waals surface area contributed by atoms with Crippen molar-refractivity contribution in [3.05, 3.63) is 24.3 Å². The Labute approximate surface area is 76.7 Å². The minimum absolute atomic E-state index is 0.195. The van der Waals surface area contributed by atoms with Gasteiger partial charge >= 0.3 is 76.2 Å². The number of hydrogen-bond acceptors (Lipinski definition) is 1. The van der Waals surface area contributed by atoms with E-state index in [0.29, 0.717) is 0 Å². The van der Waals surface area contributed by atoms with Crippen LogP contribution in [0.4, 0.5) is 0 Å². The van der Waals surface area contributed by atoms with E-state index >= 15 is 0 Å². The minimum atomic E-state index is -1.12. The first-order valence-corrected chi connectivity index (χ1v) is 5.06. The summed E-state index contributed by atoms with van der Waals surface area (Å²) in [5.41, 5.74) is 0. The van der Waals surface area contributed by atoms with Gasteiger partial charge in [-0.1, -0.05) is 0 Å². The molecule has 1 rings (SSSR count). The first-order chi connectivity index (χ1) is 6.03. The van der Waals surface area contributed by atoms with Gasteiger partial charge in [-0.3, -0.25) is 0 Å². The molecule has 60 valence electrons. The third-order valence-corrected chi connectivity index (χ3v) is 2.88. The molecule has 0 radical (unpaired) electrons. The summed E-state index contributed by atoms with van der Waals surface area (Å²) in [7, 11) is 1.61. The molecule has 11 heavy (non-hydrogen) atoms. The fourth-order valence-electron chi connectivity index (χ4n) is 0.813. The Bertz CT molecular complexity index is 283. The molecule has 1 aromatic rings. The first-order valence-electron chi connectivity index (χ1n) is 4.35. The fraction of sp³-hybridized carbons (Fsp3) is 0.333. The normalized spacial score (nSPS) is 18.0. The summed E-state index contributed by atoms with van der Waals surface area (Å²) in [4.78, 5) is 0. The molecule has 0 heterocycles. The Morgan fingerprint density at radius 3 is 3.09 bits per heavy atom. The van der Waals surface area contributed by atoms with Crippen LogP contribution in [-0.2, 0) is 0 Å². The quantitative estimate of drug-likeness (QED) is 0.695. The van der Waals surface area contributed by atoms with Gasteiger partial charge in [0, 0.05) is 0 Å². The fourth-order valence-corrected chi connectivity index (χ4v) is 2.11. The van der Waals surface area contributed by atoms with E-state index in [1.54, 1.807) is 14.0 Å². The second-order valence-electron chi connectivity index (χ2n) is 1.96. The summed E-state index contributed by atoms with van der Waals surface area (Å²) < 4.78 is 21.1. The van der Waals surface area contributed by atoms with Gasteiger partial charge in [0.05, 0.1) is 0 Å². The second kappa shape index (κ2) is 4.42. The Kier molecular flexibility index (Phi) is 2.45.